The van der Waals surface area contributed by atoms with Crippen LogP contribution >= 0.6 is 0 Å². The fourth-order valence-corrected chi connectivity index (χ4v) is 9.71. The van der Waals surface area contributed by atoms with Gasteiger partial charge in [-0.3, -0.25) is 14.4 Å². The minimum absolute atomic E-state index is 0.0753. The van der Waals surface area contributed by atoms with E-state index < -0.39 is 6.10 Å². The summed E-state index contributed by atoms with van der Waals surface area (Å²) in [6, 6.07) is 0. The zero-order valence-electron chi connectivity index (χ0n) is 51.2. The summed E-state index contributed by atoms with van der Waals surface area (Å²) in [5.74, 6) is -0.873. The Morgan fingerprint density at radius 2 is 0.532 bits per heavy atom. The lowest BCUT2D eigenvalue weighted by Gasteiger charge is -2.18. The van der Waals surface area contributed by atoms with Crippen molar-refractivity contribution >= 4 is 17.9 Å². The smallest absolute Gasteiger partial charge is 0.306 e. The molecule has 1 unspecified atom stereocenters. The average molecular weight is 1080 g/mol. The molecule has 6 heteroatoms. The van der Waals surface area contributed by atoms with Crippen molar-refractivity contribution in [3.63, 3.8) is 0 Å². The Kier molecular flexibility index (Phi) is 62.7. The largest absolute Gasteiger partial charge is 0.462 e. The molecule has 0 aromatic rings. The maximum Gasteiger partial charge on any atom is 0.306 e. The highest BCUT2D eigenvalue weighted by molar-refractivity contribution is 5.71. The Morgan fingerprint density at radius 3 is 0.844 bits per heavy atom. The Bertz CT molecular complexity index is 1420. The van der Waals surface area contributed by atoms with Crippen molar-refractivity contribution in [2.24, 2.45) is 0 Å². The maximum atomic E-state index is 12.8. The molecule has 0 rings (SSSR count). The molecule has 446 valence electrons. The van der Waals surface area contributed by atoms with Crippen molar-refractivity contribution in [1.29, 1.82) is 0 Å². The summed E-state index contributed by atoms with van der Waals surface area (Å²) in [7, 11) is 0. The van der Waals surface area contributed by atoms with Gasteiger partial charge in [0.05, 0.1) is 0 Å². The second-order valence-corrected chi connectivity index (χ2v) is 22.4. The molecular weight excluding hydrogens is 949 g/mol. The van der Waals surface area contributed by atoms with E-state index in [0.29, 0.717) is 19.3 Å². The summed E-state index contributed by atoms with van der Waals surface area (Å²) in [5, 5.41) is 0. The second-order valence-electron chi connectivity index (χ2n) is 22.4. The van der Waals surface area contributed by atoms with Gasteiger partial charge < -0.3 is 14.2 Å². The number of ether oxygens (including phenoxy) is 3. The summed E-state index contributed by atoms with van der Waals surface area (Å²) in [4.78, 5) is 38.2. The average Bonchev–Trinajstić information content (AvgIpc) is 3.43. The molecule has 0 saturated heterocycles. The first kappa shape index (κ1) is 73.8. The van der Waals surface area contributed by atoms with Crippen LogP contribution in [-0.4, -0.2) is 37.2 Å². The first-order valence-corrected chi connectivity index (χ1v) is 33.4. The summed E-state index contributed by atoms with van der Waals surface area (Å²) in [6.07, 6.45) is 85.2. The van der Waals surface area contributed by atoms with Crippen LogP contribution in [0.15, 0.2) is 72.9 Å². The van der Waals surface area contributed by atoms with E-state index in [1.54, 1.807) is 0 Å². The molecule has 0 aromatic heterocycles. The third kappa shape index (κ3) is 63.6. The summed E-state index contributed by atoms with van der Waals surface area (Å²) < 4.78 is 16.9. The topological polar surface area (TPSA) is 78.9 Å². The van der Waals surface area contributed by atoms with Crippen LogP contribution in [-0.2, 0) is 28.6 Å². The zero-order valence-corrected chi connectivity index (χ0v) is 51.2. The Hall–Kier alpha value is -3.15. The molecule has 0 amide bonds. The molecule has 0 radical (unpaired) electrons. The molecule has 0 N–H and O–H groups in total. The van der Waals surface area contributed by atoms with Gasteiger partial charge in [-0.15, -0.1) is 0 Å². The highest BCUT2D eigenvalue weighted by Crippen LogP contribution is 2.18. The van der Waals surface area contributed by atoms with Gasteiger partial charge in [-0.1, -0.05) is 312 Å². The van der Waals surface area contributed by atoms with Crippen LogP contribution in [0.4, 0.5) is 0 Å². The van der Waals surface area contributed by atoms with Crippen LogP contribution in [0.2, 0.25) is 0 Å². The Morgan fingerprint density at radius 1 is 0.273 bits per heavy atom. The minimum atomic E-state index is -0.777. The van der Waals surface area contributed by atoms with E-state index >= 15 is 0 Å². The molecule has 0 spiro atoms. The highest BCUT2D eigenvalue weighted by Gasteiger charge is 2.19. The number of unbranched alkanes of at least 4 members (excludes halogenated alkanes) is 38. The van der Waals surface area contributed by atoms with Crippen LogP contribution in [0, 0.1) is 0 Å². The van der Waals surface area contributed by atoms with Crippen LogP contribution in [0.5, 0.6) is 0 Å². The van der Waals surface area contributed by atoms with E-state index in [-0.39, 0.29) is 31.1 Å². The Labute approximate surface area is 478 Å². The molecule has 0 aliphatic carbocycles. The lowest BCUT2D eigenvalue weighted by molar-refractivity contribution is -0.167. The van der Waals surface area contributed by atoms with Crippen molar-refractivity contribution in [2.45, 2.75) is 348 Å². The number of esters is 3. The van der Waals surface area contributed by atoms with E-state index in [0.717, 1.165) is 116 Å². The standard InChI is InChI=1S/C71H126O6/c1-4-7-10-13-16-19-22-24-25-26-27-28-29-30-31-32-33-34-35-36-37-38-39-40-41-42-43-44-45-47-49-52-55-58-61-64-70(73)76-67-68(66-75-69(72)63-60-57-54-51-48-21-18-15-12-9-6-3)77-71(74)65-62-59-56-53-50-46-23-20-17-14-11-8-5-2/h7,10-11,14,16,19-20,23-25,27-28,68H,4-6,8-9,12-13,15,17-18,21-22,26,29-67H2,1-3H3/b10-7-,14-11-,19-16-,23-20-,25-24-,28-27-. The van der Waals surface area contributed by atoms with E-state index in [1.807, 2.05) is 0 Å². The van der Waals surface area contributed by atoms with Crippen molar-refractivity contribution in [2.75, 3.05) is 13.2 Å². The van der Waals surface area contributed by atoms with Crippen molar-refractivity contribution < 1.29 is 28.6 Å². The maximum absolute atomic E-state index is 12.8. The molecular formula is C71H126O6. The van der Waals surface area contributed by atoms with Gasteiger partial charge in [0.15, 0.2) is 6.10 Å². The zero-order chi connectivity index (χ0) is 55.7. The van der Waals surface area contributed by atoms with Gasteiger partial charge >= 0.3 is 17.9 Å². The molecule has 77 heavy (non-hydrogen) atoms. The fourth-order valence-electron chi connectivity index (χ4n) is 9.71. The van der Waals surface area contributed by atoms with Gasteiger partial charge in [0, 0.05) is 19.3 Å². The van der Waals surface area contributed by atoms with Crippen molar-refractivity contribution in [3.05, 3.63) is 72.9 Å². The highest BCUT2D eigenvalue weighted by atomic mass is 16.6. The predicted molar refractivity (Wildman–Crippen MR) is 335 cm³/mol. The van der Waals surface area contributed by atoms with Crippen LogP contribution < -0.4 is 0 Å². The van der Waals surface area contributed by atoms with Crippen LogP contribution in [0.25, 0.3) is 0 Å². The van der Waals surface area contributed by atoms with Crippen molar-refractivity contribution in [3.8, 4) is 0 Å². The SMILES string of the molecule is CC/C=C\C/C=C\C/C=C\C/C=C\CCCCCCCCCCCCCCCCCCCCCCCCC(=O)OCC(COC(=O)CCCCCCCCCCCCC)OC(=O)CCCCCCC/C=C\C/C=C\CCC. The number of rotatable bonds is 61. The summed E-state index contributed by atoms with van der Waals surface area (Å²) >= 11 is 0. The minimum Gasteiger partial charge on any atom is -0.462 e. The fraction of sp³-hybridized carbons (Fsp3) is 0.789. The second kappa shape index (κ2) is 65.4. The lowest BCUT2D eigenvalue weighted by Crippen LogP contribution is -2.30. The first-order chi connectivity index (χ1) is 38.0. The van der Waals surface area contributed by atoms with Gasteiger partial charge in [0.25, 0.3) is 0 Å². The first-order valence-electron chi connectivity index (χ1n) is 33.4. The molecule has 6 nitrogen and oxygen atoms in total. The molecule has 0 saturated carbocycles. The normalized spacial score (nSPS) is 12.5. The van der Waals surface area contributed by atoms with Gasteiger partial charge in [0.2, 0.25) is 0 Å². The van der Waals surface area contributed by atoms with Gasteiger partial charge in [0.1, 0.15) is 13.2 Å². The van der Waals surface area contributed by atoms with Crippen LogP contribution in [0.1, 0.15) is 342 Å². The molecule has 0 aliphatic rings. The van der Waals surface area contributed by atoms with E-state index in [2.05, 4.69) is 93.7 Å². The summed E-state index contributed by atoms with van der Waals surface area (Å²) in [6.45, 7) is 6.48. The van der Waals surface area contributed by atoms with Crippen molar-refractivity contribution in [1.82, 2.24) is 0 Å². The molecule has 0 fully saturated rings. The third-order valence-electron chi connectivity index (χ3n) is 14.7. The van der Waals surface area contributed by atoms with E-state index in [9.17, 15) is 14.4 Å². The van der Waals surface area contributed by atoms with E-state index in [1.165, 1.54) is 186 Å². The monoisotopic (exact) mass is 1070 g/mol. The van der Waals surface area contributed by atoms with E-state index in [4.69, 9.17) is 14.2 Å². The predicted octanol–water partition coefficient (Wildman–Crippen LogP) is 22.9. The van der Waals surface area contributed by atoms with Gasteiger partial charge in [-0.2, -0.15) is 0 Å². The molecule has 0 heterocycles. The summed E-state index contributed by atoms with van der Waals surface area (Å²) in [5.41, 5.74) is 0. The molecule has 1 atom stereocenters. The van der Waals surface area contributed by atoms with Gasteiger partial charge in [-0.25, -0.2) is 0 Å². The van der Waals surface area contributed by atoms with Crippen LogP contribution in [0.3, 0.4) is 0 Å². The third-order valence-corrected chi connectivity index (χ3v) is 14.7. The molecule has 0 aliphatic heterocycles. The molecule has 0 aromatic carbocycles. The number of carbonyl (C=O) groups is 3. The lowest BCUT2D eigenvalue weighted by atomic mass is 10.0. The number of hydrogen-bond donors (Lipinski definition) is 0. The number of carbonyl (C=O) groups excluding carboxylic acids is 3. The molecule has 0 bridgehead atoms. The number of allylic oxidation sites excluding steroid dienone is 12. The Balaban J connectivity index is 4.01. The quantitative estimate of drug-likeness (QED) is 0.0261. The van der Waals surface area contributed by atoms with Gasteiger partial charge in [-0.05, 0) is 83.5 Å². The number of hydrogen-bond acceptors (Lipinski definition) is 6.